The van der Waals surface area contributed by atoms with Crippen molar-refractivity contribution in [2.75, 3.05) is 0 Å². The van der Waals surface area contributed by atoms with E-state index < -0.39 is 11.7 Å². The molecule has 0 aliphatic rings. The highest BCUT2D eigenvalue weighted by Crippen LogP contribution is 2.23. The summed E-state index contributed by atoms with van der Waals surface area (Å²) in [6.45, 7) is 7.76. The molecule has 0 radical (unpaired) electrons. The molecule has 0 atom stereocenters. The predicted octanol–water partition coefficient (Wildman–Crippen LogP) is 5.06. The minimum absolute atomic E-state index is 0.211. The van der Waals surface area contributed by atoms with Crippen molar-refractivity contribution in [2.45, 2.75) is 46.4 Å². The van der Waals surface area contributed by atoms with E-state index in [0.717, 1.165) is 22.4 Å². The molecule has 0 fully saturated rings. The second-order valence-electron chi connectivity index (χ2n) is 8.61. The largest absolute Gasteiger partial charge is 0.444 e. The predicted molar refractivity (Wildman–Crippen MR) is 128 cm³/mol. The fraction of sp³-hybridized carbons (Fsp3) is 0.280. The Labute approximate surface area is 198 Å². The first-order valence-electron chi connectivity index (χ1n) is 10.5. The van der Waals surface area contributed by atoms with Crippen LogP contribution >= 0.6 is 11.6 Å². The van der Waals surface area contributed by atoms with Crippen LogP contribution in [-0.2, 0) is 17.8 Å². The molecule has 2 N–H and O–H groups in total. The first kappa shape index (κ1) is 24.2. The van der Waals surface area contributed by atoms with Crippen molar-refractivity contribution in [3.8, 4) is 11.1 Å². The fourth-order valence-corrected chi connectivity index (χ4v) is 3.31. The highest BCUT2D eigenvalue weighted by atomic mass is 35.5. The summed E-state index contributed by atoms with van der Waals surface area (Å²) in [6.07, 6.45) is 2.79. The number of pyridine rings is 2. The quantitative estimate of drug-likeness (QED) is 0.529. The number of ether oxygens (including phenoxy) is 1. The van der Waals surface area contributed by atoms with Crippen molar-refractivity contribution < 1.29 is 14.3 Å². The number of amides is 2. The molecular weight excluding hydrogens is 440 g/mol. The summed E-state index contributed by atoms with van der Waals surface area (Å²) in [7, 11) is 0. The molecule has 0 bridgehead atoms. The van der Waals surface area contributed by atoms with Crippen molar-refractivity contribution in [1.82, 2.24) is 20.6 Å². The van der Waals surface area contributed by atoms with Crippen LogP contribution in [0.15, 0.2) is 54.9 Å². The van der Waals surface area contributed by atoms with Gasteiger partial charge in [0.25, 0.3) is 5.91 Å². The molecule has 33 heavy (non-hydrogen) atoms. The maximum Gasteiger partial charge on any atom is 0.407 e. The molecule has 0 unspecified atom stereocenters. The van der Waals surface area contributed by atoms with Crippen LogP contribution in [0.4, 0.5) is 4.79 Å². The van der Waals surface area contributed by atoms with E-state index in [1.165, 1.54) is 0 Å². The summed E-state index contributed by atoms with van der Waals surface area (Å²) in [5.41, 5.74) is 3.91. The minimum atomic E-state index is -0.597. The van der Waals surface area contributed by atoms with Crippen LogP contribution in [0.3, 0.4) is 0 Å². The van der Waals surface area contributed by atoms with Gasteiger partial charge >= 0.3 is 6.09 Å². The summed E-state index contributed by atoms with van der Waals surface area (Å²) in [5, 5.41) is 6.17. The monoisotopic (exact) mass is 466 g/mol. The van der Waals surface area contributed by atoms with Gasteiger partial charge in [0.2, 0.25) is 0 Å². The van der Waals surface area contributed by atoms with E-state index in [2.05, 4.69) is 20.6 Å². The number of alkyl carbamates (subject to hydrolysis) is 1. The third kappa shape index (κ3) is 7.57. The Kier molecular flexibility index (Phi) is 7.66. The maximum absolute atomic E-state index is 12.9. The summed E-state index contributed by atoms with van der Waals surface area (Å²) in [4.78, 5) is 33.5. The fourth-order valence-electron chi connectivity index (χ4n) is 3.12. The highest BCUT2D eigenvalue weighted by Gasteiger charge is 2.16. The van der Waals surface area contributed by atoms with E-state index in [0.29, 0.717) is 16.3 Å². The number of hydrogen-bond donors (Lipinski definition) is 2. The van der Waals surface area contributed by atoms with E-state index in [1.54, 1.807) is 51.4 Å². The molecule has 0 spiro atoms. The molecule has 0 saturated heterocycles. The molecule has 0 aliphatic carbocycles. The van der Waals surface area contributed by atoms with E-state index in [9.17, 15) is 9.59 Å². The molecule has 2 amide bonds. The van der Waals surface area contributed by atoms with Gasteiger partial charge in [0.05, 0.1) is 12.2 Å². The Morgan fingerprint density at radius 3 is 2.39 bits per heavy atom. The number of rotatable bonds is 6. The lowest BCUT2D eigenvalue weighted by Crippen LogP contribution is -2.32. The van der Waals surface area contributed by atoms with Gasteiger partial charge in [-0.1, -0.05) is 11.6 Å². The van der Waals surface area contributed by atoms with Crippen LogP contribution in [-0.4, -0.2) is 27.6 Å². The lowest BCUT2D eigenvalue weighted by molar-refractivity contribution is 0.0523. The zero-order valence-electron chi connectivity index (χ0n) is 19.1. The number of benzene rings is 1. The summed E-state index contributed by atoms with van der Waals surface area (Å²) >= 11 is 6.00. The maximum atomic E-state index is 12.9. The lowest BCUT2D eigenvalue weighted by atomic mass is 9.99. The number of nitrogens with one attached hydrogen (secondary N) is 2. The van der Waals surface area contributed by atoms with Gasteiger partial charge in [-0.05, 0) is 86.8 Å². The normalized spacial score (nSPS) is 11.1. The molecule has 8 heteroatoms. The van der Waals surface area contributed by atoms with Crippen molar-refractivity contribution in [3.63, 3.8) is 0 Å². The Morgan fingerprint density at radius 1 is 0.939 bits per heavy atom. The average Bonchev–Trinajstić information content (AvgIpc) is 2.75. The average molecular weight is 467 g/mol. The number of carbonyl (C=O) groups excluding carboxylic acids is 2. The molecule has 0 saturated carbocycles. The van der Waals surface area contributed by atoms with Crippen LogP contribution in [0, 0.1) is 6.92 Å². The second-order valence-corrected chi connectivity index (χ2v) is 9.04. The molecule has 2 aromatic heterocycles. The molecule has 0 aliphatic heterocycles. The number of nitrogens with zero attached hydrogens (tertiary/aromatic N) is 2. The molecule has 172 valence electrons. The molecular formula is C25H27ClN4O3. The van der Waals surface area contributed by atoms with Gasteiger partial charge in [-0.15, -0.1) is 0 Å². The van der Waals surface area contributed by atoms with Gasteiger partial charge in [-0.3, -0.25) is 14.8 Å². The Bertz CT molecular complexity index is 1160. The van der Waals surface area contributed by atoms with E-state index >= 15 is 0 Å². The van der Waals surface area contributed by atoms with Crippen molar-refractivity contribution in [3.05, 3.63) is 82.4 Å². The molecule has 3 aromatic rings. The van der Waals surface area contributed by atoms with Crippen molar-refractivity contribution in [2.24, 2.45) is 0 Å². The first-order chi connectivity index (χ1) is 15.6. The zero-order chi connectivity index (χ0) is 24.0. The Hall–Kier alpha value is -3.45. The first-order valence-corrected chi connectivity index (χ1v) is 10.9. The molecule has 2 heterocycles. The van der Waals surface area contributed by atoms with Crippen LogP contribution in [0.1, 0.15) is 48.1 Å². The van der Waals surface area contributed by atoms with E-state index in [1.807, 2.05) is 31.2 Å². The van der Waals surface area contributed by atoms with Gasteiger partial charge in [-0.25, -0.2) is 4.79 Å². The Morgan fingerprint density at radius 2 is 1.70 bits per heavy atom. The minimum Gasteiger partial charge on any atom is -0.444 e. The van der Waals surface area contributed by atoms with Crippen molar-refractivity contribution >= 4 is 23.6 Å². The molecule has 7 nitrogen and oxygen atoms in total. The summed E-state index contributed by atoms with van der Waals surface area (Å²) in [6, 6.07) is 12.7. The molecule has 3 rings (SSSR count). The topological polar surface area (TPSA) is 93.2 Å². The smallest absolute Gasteiger partial charge is 0.407 e. The lowest BCUT2D eigenvalue weighted by Gasteiger charge is -2.20. The third-order valence-electron chi connectivity index (χ3n) is 4.53. The van der Waals surface area contributed by atoms with Gasteiger partial charge in [0.15, 0.2) is 0 Å². The molecule has 1 aromatic carbocycles. The number of halogens is 1. The summed E-state index contributed by atoms with van der Waals surface area (Å²) < 4.78 is 5.31. The number of carbonyl (C=O) groups is 2. The van der Waals surface area contributed by atoms with Crippen LogP contribution < -0.4 is 10.6 Å². The summed E-state index contributed by atoms with van der Waals surface area (Å²) in [5.74, 6) is -0.261. The van der Waals surface area contributed by atoms with Gasteiger partial charge < -0.3 is 15.4 Å². The standard InChI is InChI=1S/C25H27ClN4O3/c1-16-9-18(5-7-27-16)19-10-17(14-30-24(32)33-25(2,3)4)11-20(12-19)23(31)29-15-22-13-21(26)6-8-28-22/h5-13H,14-15H2,1-4H3,(H,29,31)(H,30,32). The Balaban J connectivity index is 1.83. The highest BCUT2D eigenvalue weighted by molar-refractivity contribution is 6.30. The van der Waals surface area contributed by atoms with Crippen molar-refractivity contribution in [1.29, 1.82) is 0 Å². The van der Waals surface area contributed by atoms with E-state index in [-0.39, 0.29) is 19.0 Å². The van der Waals surface area contributed by atoms with Gasteiger partial charge in [-0.2, -0.15) is 0 Å². The zero-order valence-corrected chi connectivity index (χ0v) is 19.9. The second kappa shape index (κ2) is 10.4. The third-order valence-corrected chi connectivity index (χ3v) is 4.76. The van der Waals surface area contributed by atoms with Crippen LogP contribution in [0.2, 0.25) is 5.02 Å². The SMILES string of the molecule is Cc1cc(-c2cc(CNC(=O)OC(C)(C)C)cc(C(=O)NCc3cc(Cl)ccn3)c2)ccn1. The van der Waals surface area contributed by atoms with Crippen LogP contribution in [0.25, 0.3) is 11.1 Å². The number of aryl methyl sites for hydroxylation is 1. The van der Waals surface area contributed by atoms with E-state index in [4.69, 9.17) is 16.3 Å². The van der Waals surface area contributed by atoms with Gasteiger partial charge in [0.1, 0.15) is 5.60 Å². The van der Waals surface area contributed by atoms with Gasteiger partial charge in [0, 0.05) is 35.2 Å². The van der Waals surface area contributed by atoms with Crippen LogP contribution in [0.5, 0.6) is 0 Å². The number of aromatic nitrogens is 2. The number of hydrogen-bond acceptors (Lipinski definition) is 5.